The molecule has 1 aromatic carbocycles. The van der Waals surface area contributed by atoms with Gasteiger partial charge in [0.15, 0.2) is 0 Å². The second-order valence-corrected chi connectivity index (χ2v) is 3.22. The van der Waals surface area contributed by atoms with Gasteiger partial charge in [-0.2, -0.15) is 5.10 Å². The lowest BCUT2D eigenvalue weighted by molar-refractivity contribution is -0.116. The molecule has 0 bridgehead atoms. The topological polar surface area (TPSA) is 83.8 Å². The minimum Gasteiger partial charge on any atom is -0.330 e. The molecule has 1 amide bonds. The maximum Gasteiger partial charge on any atom is 0.225 e. The minimum absolute atomic E-state index is 0.0776. The smallest absolute Gasteiger partial charge is 0.225 e. The number of nitrogens with zero attached hydrogens (tertiary/aromatic N) is 1. The first-order chi connectivity index (χ1) is 7.31. The van der Waals surface area contributed by atoms with E-state index < -0.39 is 0 Å². The normalized spacial score (nSPS) is 10.5. The Hall–Kier alpha value is -1.88. The van der Waals surface area contributed by atoms with Crippen molar-refractivity contribution in [2.45, 2.75) is 6.42 Å². The van der Waals surface area contributed by atoms with Gasteiger partial charge in [-0.25, -0.2) is 0 Å². The van der Waals surface area contributed by atoms with Crippen molar-refractivity contribution in [2.24, 2.45) is 5.73 Å². The number of amides is 1. The summed E-state index contributed by atoms with van der Waals surface area (Å²) >= 11 is 0. The third kappa shape index (κ3) is 1.97. The van der Waals surface area contributed by atoms with Crippen LogP contribution >= 0.6 is 0 Å². The number of aromatic amines is 1. The molecule has 0 aliphatic rings. The summed E-state index contributed by atoms with van der Waals surface area (Å²) in [4.78, 5) is 11.4. The van der Waals surface area contributed by atoms with Gasteiger partial charge in [-0.05, 0) is 12.1 Å². The van der Waals surface area contributed by atoms with E-state index in [0.29, 0.717) is 13.0 Å². The summed E-state index contributed by atoms with van der Waals surface area (Å²) < 4.78 is 0. The van der Waals surface area contributed by atoms with Gasteiger partial charge in [0, 0.05) is 18.4 Å². The van der Waals surface area contributed by atoms with E-state index >= 15 is 0 Å². The molecule has 2 aromatic rings. The van der Waals surface area contributed by atoms with Crippen molar-refractivity contribution in [1.82, 2.24) is 10.2 Å². The Bertz CT molecular complexity index is 477. The van der Waals surface area contributed by atoms with Crippen molar-refractivity contribution in [3.05, 3.63) is 24.4 Å². The van der Waals surface area contributed by atoms with E-state index in [9.17, 15) is 4.79 Å². The van der Waals surface area contributed by atoms with Crippen molar-refractivity contribution in [3.63, 3.8) is 0 Å². The van der Waals surface area contributed by atoms with Crippen LogP contribution in [0.3, 0.4) is 0 Å². The zero-order valence-electron chi connectivity index (χ0n) is 8.16. The quantitative estimate of drug-likeness (QED) is 0.693. The Morgan fingerprint density at radius 1 is 1.53 bits per heavy atom. The molecule has 5 nitrogen and oxygen atoms in total. The molecule has 0 aliphatic heterocycles. The molecule has 0 unspecified atom stereocenters. The summed E-state index contributed by atoms with van der Waals surface area (Å²) in [6.07, 6.45) is 2.02. The molecular weight excluding hydrogens is 192 g/mol. The van der Waals surface area contributed by atoms with E-state index in [4.69, 9.17) is 5.73 Å². The van der Waals surface area contributed by atoms with Gasteiger partial charge >= 0.3 is 0 Å². The van der Waals surface area contributed by atoms with Gasteiger partial charge in [0.1, 0.15) is 0 Å². The van der Waals surface area contributed by atoms with Crippen molar-refractivity contribution >= 4 is 22.5 Å². The molecule has 1 aromatic heterocycles. The van der Waals surface area contributed by atoms with E-state index in [1.165, 1.54) is 0 Å². The molecular formula is C10H12N4O. The molecule has 4 N–H and O–H groups in total. The number of benzene rings is 1. The summed E-state index contributed by atoms with van der Waals surface area (Å²) in [5, 5.41) is 10.5. The predicted octanol–water partition coefficient (Wildman–Crippen LogP) is 0.850. The highest BCUT2D eigenvalue weighted by Crippen LogP contribution is 2.20. The molecule has 0 saturated carbocycles. The Balaban J connectivity index is 2.27. The van der Waals surface area contributed by atoms with Gasteiger partial charge in [-0.3, -0.25) is 9.89 Å². The lowest BCUT2D eigenvalue weighted by Gasteiger charge is -2.04. The van der Waals surface area contributed by atoms with Crippen LogP contribution in [0, 0.1) is 0 Å². The van der Waals surface area contributed by atoms with E-state index in [2.05, 4.69) is 15.5 Å². The van der Waals surface area contributed by atoms with Crippen LogP contribution in [0.25, 0.3) is 10.9 Å². The SMILES string of the molecule is NCCC(=O)Nc1cccc2[nH]ncc12. The summed E-state index contributed by atoms with van der Waals surface area (Å²) in [6, 6.07) is 5.60. The van der Waals surface area contributed by atoms with Crippen molar-refractivity contribution in [1.29, 1.82) is 0 Å². The second kappa shape index (κ2) is 4.10. The fraction of sp³-hybridized carbons (Fsp3) is 0.200. The zero-order valence-corrected chi connectivity index (χ0v) is 8.16. The number of nitrogens with one attached hydrogen (secondary N) is 2. The first-order valence-corrected chi connectivity index (χ1v) is 4.73. The van der Waals surface area contributed by atoms with Crippen molar-refractivity contribution < 1.29 is 4.79 Å². The van der Waals surface area contributed by atoms with Crippen LogP contribution in [0.4, 0.5) is 5.69 Å². The Morgan fingerprint density at radius 2 is 2.40 bits per heavy atom. The van der Waals surface area contributed by atoms with Gasteiger partial charge in [0.2, 0.25) is 5.91 Å². The van der Waals surface area contributed by atoms with E-state index in [1.807, 2.05) is 18.2 Å². The van der Waals surface area contributed by atoms with E-state index in [1.54, 1.807) is 6.20 Å². The van der Waals surface area contributed by atoms with Crippen LogP contribution in [0.2, 0.25) is 0 Å². The number of hydrogen-bond donors (Lipinski definition) is 3. The van der Waals surface area contributed by atoms with Gasteiger partial charge < -0.3 is 11.1 Å². The number of hydrogen-bond acceptors (Lipinski definition) is 3. The molecule has 5 heteroatoms. The summed E-state index contributed by atoms with van der Waals surface area (Å²) in [6.45, 7) is 0.354. The zero-order chi connectivity index (χ0) is 10.7. The number of fused-ring (bicyclic) bond motifs is 1. The summed E-state index contributed by atoms with van der Waals surface area (Å²) in [5.41, 5.74) is 6.96. The lowest BCUT2D eigenvalue weighted by Crippen LogP contribution is -2.16. The summed E-state index contributed by atoms with van der Waals surface area (Å²) in [5.74, 6) is -0.0776. The number of rotatable bonds is 3. The second-order valence-electron chi connectivity index (χ2n) is 3.22. The standard InChI is InChI=1S/C10H12N4O/c11-5-4-10(15)13-8-2-1-3-9-7(8)6-12-14-9/h1-3,6H,4-5,11H2,(H,12,14)(H,13,15). The average Bonchev–Trinajstić information content (AvgIpc) is 2.67. The van der Waals surface area contributed by atoms with Gasteiger partial charge in [-0.1, -0.05) is 6.07 Å². The van der Waals surface area contributed by atoms with Crippen LogP contribution in [0.5, 0.6) is 0 Å². The first-order valence-electron chi connectivity index (χ1n) is 4.73. The highest BCUT2D eigenvalue weighted by atomic mass is 16.1. The Labute approximate surface area is 86.7 Å². The molecule has 0 atom stereocenters. The summed E-state index contributed by atoms with van der Waals surface area (Å²) in [7, 11) is 0. The molecule has 1 heterocycles. The van der Waals surface area contributed by atoms with Gasteiger partial charge in [-0.15, -0.1) is 0 Å². The van der Waals surface area contributed by atoms with Crippen molar-refractivity contribution in [2.75, 3.05) is 11.9 Å². The average molecular weight is 204 g/mol. The van der Waals surface area contributed by atoms with Crippen LogP contribution in [-0.2, 0) is 4.79 Å². The number of H-pyrrole nitrogens is 1. The van der Waals surface area contributed by atoms with E-state index in [0.717, 1.165) is 16.6 Å². The highest BCUT2D eigenvalue weighted by molar-refractivity contribution is 6.00. The number of anilines is 1. The van der Waals surface area contributed by atoms with Crippen LogP contribution in [0.15, 0.2) is 24.4 Å². The fourth-order valence-electron chi connectivity index (χ4n) is 1.42. The molecule has 0 saturated heterocycles. The number of carbonyl (C=O) groups excluding carboxylic acids is 1. The molecule has 0 radical (unpaired) electrons. The highest BCUT2D eigenvalue weighted by Gasteiger charge is 2.05. The van der Waals surface area contributed by atoms with Crippen molar-refractivity contribution in [3.8, 4) is 0 Å². The molecule has 15 heavy (non-hydrogen) atoms. The predicted molar refractivity (Wildman–Crippen MR) is 58.4 cm³/mol. The van der Waals surface area contributed by atoms with Gasteiger partial charge in [0.25, 0.3) is 0 Å². The van der Waals surface area contributed by atoms with Crippen LogP contribution in [-0.4, -0.2) is 22.6 Å². The lowest BCUT2D eigenvalue weighted by atomic mass is 10.2. The molecule has 2 rings (SSSR count). The molecule has 0 aliphatic carbocycles. The minimum atomic E-state index is -0.0776. The third-order valence-electron chi connectivity index (χ3n) is 2.13. The largest absolute Gasteiger partial charge is 0.330 e. The first kappa shape index (κ1) is 9.67. The maximum atomic E-state index is 11.4. The number of aromatic nitrogens is 2. The van der Waals surface area contributed by atoms with Crippen LogP contribution < -0.4 is 11.1 Å². The third-order valence-corrected chi connectivity index (χ3v) is 2.13. The van der Waals surface area contributed by atoms with Crippen LogP contribution in [0.1, 0.15) is 6.42 Å². The number of carbonyl (C=O) groups is 1. The molecule has 0 fully saturated rings. The monoisotopic (exact) mass is 204 g/mol. The molecule has 78 valence electrons. The molecule has 0 spiro atoms. The Kier molecular flexibility index (Phi) is 2.64. The number of nitrogens with two attached hydrogens (primary N) is 1. The Morgan fingerprint density at radius 3 is 3.20 bits per heavy atom. The van der Waals surface area contributed by atoms with Gasteiger partial charge in [0.05, 0.1) is 17.4 Å². The maximum absolute atomic E-state index is 11.4. The fourth-order valence-corrected chi connectivity index (χ4v) is 1.42. The van der Waals surface area contributed by atoms with E-state index in [-0.39, 0.29) is 5.91 Å².